The van der Waals surface area contributed by atoms with Crippen LogP contribution in [0.2, 0.25) is 0 Å². The molecule has 3 atom stereocenters. The van der Waals surface area contributed by atoms with E-state index in [1.54, 1.807) is 0 Å². The minimum absolute atomic E-state index is 0.125. The molecule has 0 rings (SSSR count). The quantitative estimate of drug-likeness (QED) is 0.337. The monoisotopic (exact) mass is 274 g/mol. The van der Waals surface area contributed by atoms with Crippen LogP contribution in [0, 0.1) is 11.8 Å². The maximum absolute atomic E-state index is 11.8. The van der Waals surface area contributed by atoms with Gasteiger partial charge in [-0.25, -0.2) is 0 Å². The van der Waals surface area contributed by atoms with Gasteiger partial charge in [-0.15, -0.1) is 0 Å². The smallest absolute Gasteiger partial charge is 0.0709 e. The van der Waals surface area contributed by atoms with E-state index < -0.39 is 8.46 Å². The highest BCUT2D eigenvalue weighted by atomic mass is 31.1. The van der Waals surface area contributed by atoms with Crippen molar-refractivity contribution < 1.29 is 4.57 Å². The Morgan fingerprint density at radius 2 is 1.50 bits per heavy atom. The molecule has 110 valence electrons. The highest BCUT2D eigenvalue weighted by Gasteiger charge is 2.36. The Kier molecular flexibility index (Phi) is 10.2. The van der Waals surface area contributed by atoms with Gasteiger partial charge in [-0.2, -0.15) is 0 Å². The summed E-state index contributed by atoms with van der Waals surface area (Å²) in [6.07, 6.45) is 10.3. The molecule has 0 aliphatic carbocycles. The minimum Gasteiger partial charge on any atom is -0.330 e. The van der Waals surface area contributed by atoms with Crippen molar-refractivity contribution in [1.29, 1.82) is 0 Å². The van der Waals surface area contributed by atoms with E-state index in [1.165, 1.54) is 44.9 Å². The molecule has 0 saturated heterocycles. The fourth-order valence-corrected chi connectivity index (χ4v) is 4.07. The van der Waals surface area contributed by atoms with Crippen LogP contribution in [-0.4, -0.2) is 5.16 Å². The molecular formula is C16H35OP. The lowest BCUT2D eigenvalue weighted by Crippen LogP contribution is -2.36. The standard InChI is InChI=1S/C16H35OP/c1-6-8-9-10-11-12-13-16(18-17,14(3)4)15(5)7-2/h14-15H,6-13,18H2,1-5H3. The van der Waals surface area contributed by atoms with Gasteiger partial charge in [0, 0.05) is 5.16 Å². The molecule has 0 aliphatic rings. The van der Waals surface area contributed by atoms with E-state index in [-0.39, 0.29) is 5.16 Å². The van der Waals surface area contributed by atoms with Gasteiger partial charge >= 0.3 is 0 Å². The van der Waals surface area contributed by atoms with Gasteiger partial charge in [-0.1, -0.05) is 79.6 Å². The average Bonchev–Trinajstić information content (AvgIpc) is 2.37. The summed E-state index contributed by atoms with van der Waals surface area (Å²) in [5.74, 6) is 1.15. The molecule has 0 N–H and O–H groups in total. The molecule has 0 saturated carbocycles. The fourth-order valence-electron chi connectivity index (χ4n) is 3.01. The first kappa shape index (κ1) is 18.2. The fraction of sp³-hybridized carbons (Fsp3) is 1.00. The predicted octanol–water partition coefficient (Wildman–Crippen LogP) is 5.93. The molecule has 1 nitrogen and oxygen atoms in total. The highest BCUT2D eigenvalue weighted by molar-refractivity contribution is 7.26. The maximum atomic E-state index is 11.8. The van der Waals surface area contributed by atoms with Gasteiger partial charge in [-0.05, 0) is 18.3 Å². The lowest BCUT2D eigenvalue weighted by Gasteiger charge is -2.38. The molecule has 0 bridgehead atoms. The number of hydrogen-bond acceptors (Lipinski definition) is 1. The van der Waals surface area contributed by atoms with E-state index in [1.807, 2.05) is 0 Å². The second kappa shape index (κ2) is 10.1. The van der Waals surface area contributed by atoms with Crippen LogP contribution >= 0.6 is 8.46 Å². The summed E-state index contributed by atoms with van der Waals surface area (Å²) in [7, 11) is -0.665. The minimum atomic E-state index is -0.665. The van der Waals surface area contributed by atoms with Crippen LogP contribution in [-0.2, 0) is 4.57 Å². The van der Waals surface area contributed by atoms with Crippen molar-refractivity contribution in [1.82, 2.24) is 0 Å². The molecule has 0 radical (unpaired) electrons. The molecule has 3 unspecified atom stereocenters. The zero-order valence-electron chi connectivity index (χ0n) is 13.3. The van der Waals surface area contributed by atoms with E-state index in [2.05, 4.69) is 34.6 Å². The molecule has 0 aliphatic heterocycles. The van der Waals surface area contributed by atoms with Crippen LogP contribution in [0.3, 0.4) is 0 Å². The Morgan fingerprint density at radius 3 is 1.94 bits per heavy atom. The Bertz CT molecular complexity index is 215. The Hall–Kier alpha value is 0.230. The summed E-state index contributed by atoms with van der Waals surface area (Å²) in [4.78, 5) is 0. The summed E-state index contributed by atoms with van der Waals surface area (Å²) in [5, 5.41) is 0.125. The van der Waals surface area contributed by atoms with Crippen LogP contribution in [0.4, 0.5) is 0 Å². The van der Waals surface area contributed by atoms with Gasteiger partial charge < -0.3 is 4.57 Å². The second-order valence-corrected chi connectivity index (χ2v) is 7.52. The number of hydrogen-bond donors (Lipinski definition) is 0. The van der Waals surface area contributed by atoms with Crippen molar-refractivity contribution in [2.24, 2.45) is 11.8 Å². The van der Waals surface area contributed by atoms with E-state index >= 15 is 0 Å². The summed E-state index contributed by atoms with van der Waals surface area (Å²) in [6.45, 7) is 11.3. The largest absolute Gasteiger partial charge is 0.330 e. The zero-order chi connectivity index (χ0) is 14.0. The molecule has 0 heterocycles. The normalized spacial score (nSPS) is 17.4. The lowest BCUT2D eigenvalue weighted by molar-refractivity contribution is 0.272. The third-order valence-corrected chi connectivity index (χ3v) is 6.75. The maximum Gasteiger partial charge on any atom is 0.0709 e. The summed E-state index contributed by atoms with van der Waals surface area (Å²) >= 11 is 0. The Morgan fingerprint density at radius 1 is 0.944 bits per heavy atom. The van der Waals surface area contributed by atoms with Crippen LogP contribution in [0.1, 0.15) is 86.0 Å². The zero-order valence-corrected chi connectivity index (χ0v) is 14.5. The Balaban J connectivity index is 4.21. The van der Waals surface area contributed by atoms with Crippen molar-refractivity contribution >= 4 is 8.46 Å². The molecule has 0 fully saturated rings. The van der Waals surface area contributed by atoms with E-state index in [0.29, 0.717) is 11.8 Å². The number of unbranched alkanes of at least 4 members (excludes halogenated alkanes) is 5. The third kappa shape index (κ3) is 5.47. The van der Waals surface area contributed by atoms with Crippen molar-refractivity contribution in [3.63, 3.8) is 0 Å². The first-order valence-electron chi connectivity index (χ1n) is 8.01. The number of rotatable bonds is 11. The van der Waals surface area contributed by atoms with Crippen LogP contribution in [0.5, 0.6) is 0 Å². The van der Waals surface area contributed by atoms with Gasteiger partial charge in [0.25, 0.3) is 0 Å². The summed E-state index contributed by atoms with van der Waals surface area (Å²) < 4.78 is 11.8. The van der Waals surface area contributed by atoms with Crippen LogP contribution < -0.4 is 0 Å². The highest BCUT2D eigenvalue weighted by Crippen LogP contribution is 2.44. The molecule has 2 heteroatoms. The molecular weight excluding hydrogens is 239 g/mol. The van der Waals surface area contributed by atoms with Gasteiger partial charge in [-0.3, -0.25) is 0 Å². The average molecular weight is 274 g/mol. The SMILES string of the molecule is CCCCCCCCC([PH2]=O)(C(C)C)C(C)CC. The molecule has 0 aromatic carbocycles. The van der Waals surface area contributed by atoms with Crippen molar-refractivity contribution in [3.05, 3.63) is 0 Å². The van der Waals surface area contributed by atoms with Crippen LogP contribution in [0.15, 0.2) is 0 Å². The molecule has 0 aromatic rings. The molecule has 0 aromatic heterocycles. The third-order valence-electron chi connectivity index (χ3n) is 4.79. The second-order valence-electron chi connectivity index (χ2n) is 6.21. The molecule has 0 spiro atoms. The molecule has 18 heavy (non-hydrogen) atoms. The van der Waals surface area contributed by atoms with Crippen molar-refractivity contribution in [3.8, 4) is 0 Å². The first-order chi connectivity index (χ1) is 8.55. The van der Waals surface area contributed by atoms with Gasteiger partial charge in [0.2, 0.25) is 0 Å². The van der Waals surface area contributed by atoms with Gasteiger partial charge in [0.15, 0.2) is 0 Å². The van der Waals surface area contributed by atoms with Crippen molar-refractivity contribution in [2.75, 3.05) is 0 Å². The Labute approximate surface area is 116 Å². The lowest BCUT2D eigenvalue weighted by atomic mass is 9.78. The van der Waals surface area contributed by atoms with E-state index in [9.17, 15) is 4.57 Å². The topological polar surface area (TPSA) is 17.1 Å². The van der Waals surface area contributed by atoms with Gasteiger partial charge in [0.1, 0.15) is 0 Å². The summed E-state index contributed by atoms with van der Waals surface area (Å²) in [5.41, 5.74) is 0. The summed E-state index contributed by atoms with van der Waals surface area (Å²) in [6, 6.07) is 0. The van der Waals surface area contributed by atoms with Crippen molar-refractivity contribution in [2.45, 2.75) is 91.1 Å². The predicted molar refractivity (Wildman–Crippen MR) is 85.4 cm³/mol. The first-order valence-corrected chi connectivity index (χ1v) is 9.06. The van der Waals surface area contributed by atoms with E-state index in [0.717, 1.165) is 6.42 Å². The molecule has 0 amide bonds. The van der Waals surface area contributed by atoms with Crippen LogP contribution in [0.25, 0.3) is 0 Å². The van der Waals surface area contributed by atoms with E-state index in [4.69, 9.17) is 0 Å². The van der Waals surface area contributed by atoms with Gasteiger partial charge in [0.05, 0.1) is 8.46 Å².